The molecule has 1 aromatic carbocycles. The first-order chi connectivity index (χ1) is 11.5. The molecule has 122 valence electrons. The van der Waals surface area contributed by atoms with Gasteiger partial charge in [-0.05, 0) is 18.1 Å². The van der Waals surface area contributed by atoms with Crippen LogP contribution in [-0.2, 0) is 16.8 Å². The molecule has 2 aromatic rings. The van der Waals surface area contributed by atoms with Crippen LogP contribution in [0.4, 0.5) is 0 Å². The number of fused-ring (bicyclic) bond motifs is 7. The Balaban J connectivity index is 1.97. The van der Waals surface area contributed by atoms with Crippen molar-refractivity contribution in [2.75, 3.05) is 7.11 Å². The van der Waals surface area contributed by atoms with E-state index in [1.807, 2.05) is 0 Å². The third kappa shape index (κ3) is 1.41. The first-order valence-corrected chi connectivity index (χ1v) is 7.51. The Morgan fingerprint density at radius 2 is 2.17 bits per heavy atom. The first kappa shape index (κ1) is 13.6. The number of ketones is 1. The minimum absolute atomic E-state index is 0.0708. The number of Topliss-reactive ketones (excluding diaryl/α,β-unsaturated/α-hetero) is 1. The van der Waals surface area contributed by atoms with Crippen molar-refractivity contribution >= 4 is 16.8 Å². The molecule has 5 rings (SSSR count). The summed E-state index contributed by atoms with van der Waals surface area (Å²) in [6.07, 6.45) is 2.54. The molecule has 0 saturated heterocycles. The van der Waals surface area contributed by atoms with Crippen LogP contribution in [0, 0.1) is 0 Å². The molecule has 0 radical (unpaired) electrons. The Bertz CT molecular complexity index is 1020. The Hall–Kier alpha value is -2.80. The summed E-state index contributed by atoms with van der Waals surface area (Å²) < 4.78 is 21.7. The van der Waals surface area contributed by atoms with Crippen molar-refractivity contribution in [2.45, 2.75) is 24.7 Å². The molecule has 3 aliphatic rings. The van der Waals surface area contributed by atoms with Crippen molar-refractivity contribution in [1.82, 2.24) is 0 Å². The number of benzene rings is 1. The third-order valence-electron chi connectivity index (χ3n) is 4.83. The van der Waals surface area contributed by atoms with Crippen LogP contribution in [0.3, 0.4) is 0 Å². The van der Waals surface area contributed by atoms with Gasteiger partial charge in [-0.3, -0.25) is 4.79 Å². The Morgan fingerprint density at radius 1 is 1.33 bits per heavy atom. The lowest BCUT2D eigenvalue weighted by Crippen LogP contribution is -2.33. The van der Waals surface area contributed by atoms with Crippen LogP contribution in [0.5, 0.6) is 11.5 Å². The van der Waals surface area contributed by atoms with Crippen LogP contribution < -0.4 is 15.1 Å². The maximum atomic E-state index is 12.3. The molecule has 0 unspecified atom stereocenters. The molecule has 1 aromatic heterocycles. The summed E-state index contributed by atoms with van der Waals surface area (Å²) in [5, 5.41) is 11.5. The number of aliphatic hydroxyl groups is 1. The van der Waals surface area contributed by atoms with Crippen LogP contribution in [-0.4, -0.2) is 24.3 Å². The van der Waals surface area contributed by atoms with Crippen LogP contribution >= 0.6 is 0 Å². The Labute approximate surface area is 135 Å². The fourth-order valence-electron chi connectivity index (χ4n) is 3.75. The van der Waals surface area contributed by atoms with Gasteiger partial charge in [0.05, 0.1) is 24.3 Å². The normalized spacial score (nSPS) is 26.1. The summed E-state index contributed by atoms with van der Waals surface area (Å²) in [6.45, 7) is 0. The highest BCUT2D eigenvalue weighted by atomic mass is 16.7. The van der Waals surface area contributed by atoms with Gasteiger partial charge in [-0.25, -0.2) is 4.79 Å². The SMILES string of the molecule is COc1cc2c(c3oc(=O)c4c(c13)CCC4=O)[C@]1(O)C=CO[C@@H]1O2. The van der Waals surface area contributed by atoms with E-state index in [0.29, 0.717) is 34.4 Å². The molecule has 0 saturated carbocycles. The van der Waals surface area contributed by atoms with E-state index in [1.165, 1.54) is 19.4 Å². The zero-order valence-corrected chi connectivity index (χ0v) is 12.6. The number of hydrogen-bond donors (Lipinski definition) is 1. The van der Waals surface area contributed by atoms with Crippen molar-refractivity contribution in [3.63, 3.8) is 0 Å². The number of carbonyl (C=O) groups is 1. The lowest BCUT2D eigenvalue weighted by atomic mass is 9.92. The van der Waals surface area contributed by atoms with Gasteiger partial charge < -0.3 is 23.7 Å². The lowest BCUT2D eigenvalue weighted by molar-refractivity contribution is -0.109. The monoisotopic (exact) mass is 328 g/mol. The van der Waals surface area contributed by atoms with Gasteiger partial charge in [-0.1, -0.05) is 0 Å². The van der Waals surface area contributed by atoms with Gasteiger partial charge in [-0.15, -0.1) is 0 Å². The van der Waals surface area contributed by atoms with Crippen molar-refractivity contribution in [2.24, 2.45) is 0 Å². The quantitative estimate of drug-likeness (QED) is 0.790. The van der Waals surface area contributed by atoms with Crippen LogP contribution in [0.2, 0.25) is 0 Å². The van der Waals surface area contributed by atoms with Gasteiger partial charge in [-0.2, -0.15) is 0 Å². The summed E-state index contributed by atoms with van der Waals surface area (Å²) in [4.78, 5) is 24.3. The second kappa shape index (κ2) is 4.18. The van der Waals surface area contributed by atoms with Gasteiger partial charge in [0.25, 0.3) is 6.29 Å². The highest BCUT2D eigenvalue weighted by Crippen LogP contribution is 2.52. The summed E-state index contributed by atoms with van der Waals surface area (Å²) in [5.41, 5.74) is -1.10. The molecule has 1 N–H and O–H groups in total. The van der Waals surface area contributed by atoms with Crippen LogP contribution in [0.1, 0.15) is 27.9 Å². The Kier molecular flexibility index (Phi) is 2.37. The second-order valence-corrected chi connectivity index (χ2v) is 6.04. The van der Waals surface area contributed by atoms with E-state index in [0.717, 1.165) is 0 Å². The largest absolute Gasteiger partial charge is 0.496 e. The smallest absolute Gasteiger partial charge is 0.347 e. The molecule has 1 aliphatic carbocycles. The minimum Gasteiger partial charge on any atom is -0.496 e. The number of carbonyl (C=O) groups excluding carboxylic acids is 1. The molecule has 7 nitrogen and oxygen atoms in total. The number of aryl methyl sites for hydroxylation is 1. The molecule has 7 heteroatoms. The average Bonchev–Trinajstić information content (AvgIpc) is 3.17. The molecule has 0 amide bonds. The van der Waals surface area contributed by atoms with Gasteiger partial charge >= 0.3 is 5.63 Å². The van der Waals surface area contributed by atoms with E-state index in [1.54, 1.807) is 6.07 Å². The zero-order chi connectivity index (χ0) is 16.6. The predicted octanol–water partition coefficient (Wildman–Crippen LogP) is 1.38. The van der Waals surface area contributed by atoms with E-state index in [9.17, 15) is 14.7 Å². The van der Waals surface area contributed by atoms with Crippen molar-refractivity contribution in [3.8, 4) is 11.5 Å². The topological polar surface area (TPSA) is 95.2 Å². The Morgan fingerprint density at radius 3 is 2.96 bits per heavy atom. The fourth-order valence-corrected chi connectivity index (χ4v) is 3.75. The minimum atomic E-state index is -1.55. The molecular weight excluding hydrogens is 316 g/mol. The van der Waals surface area contributed by atoms with E-state index in [-0.39, 0.29) is 23.4 Å². The maximum Gasteiger partial charge on any atom is 0.347 e. The highest BCUT2D eigenvalue weighted by molar-refractivity contribution is 6.06. The van der Waals surface area contributed by atoms with Gasteiger partial charge in [0.1, 0.15) is 17.1 Å². The fraction of sp³-hybridized carbons (Fsp3) is 0.294. The lowest BCUT2D eigenvalue weighted by Gasteiger charge is -2.19. The molecule has 2 aliphatic heterocycles. The van der Waals surface area contributed by atoms with Crippen molar-refractivity contribution < 1.29 is 28.5 Å². The number of methoxy groups -OCH3 is 1. The van der Waals surface area contributed by atoms with Crippen molar-refractivity contribution in [3.05, 3.63) is 45.5 Å². The molecular formula is C17H12O7. The summed E-state index contributed by atoms with van der Waals surface area (Å²) in [6, 6.07) is 1.62. The van der Waals surface area contributed by atoms with Crippen LogP contribution in [0.25, 0.3) is 11.0 Å². The first-order valence-electron chi connectivity index (χ1n) is 7.51. The van der Waals surface area contributed by atoms with Crippen molar-refractivity contribution in [1.29, 1.82) is 0 Å². The van der Waals surface area contributed by atoms with Gasteiger partial charge in [0, 0.05) is 12.5 Å². The standard InChI is InChI=1S/C17H12O7/c1-21-9-6-10-13(17(20)4-5-22-16(17)23-10)14-12(9)7-2-3-8(18)11(7)15(19)24-14/h4-6,16,20H,2-3H2,1H3/t16-,17-/m1/s1. The van der Waals surface area contributed by atoms with Gasteiger partial charge in [0.15, 0.2) is 17.0 Å². The maximum absolute atomic E-state index is 12.3. The molecule has 0 bridgehead atoms. The van der Waals surface area contributed by atoms with E-state index in [2.05, 4.69) is 0 Å². The predicted molar refractivity (Wildman–Crippen MR) is 80.2 cm³/mol. The second-order valence-electron chi connectivity index (χ2n) is 6.04. The number of rotatable bonds is 1. The van der Waals surface area contributed by atoms with E-state index < -0.39 is 17.5 Å². The molecule has 0 fully saturated rings. The summed E-state index contributed by atoms with van der Waals surface area (Å²) in [7, 11) is 1.48. The summed E-state index contributed by atoms with van der Waals surface area (Å²) >= 11 is 0. The molecule has 2 atom stereocenters. The third-order valence-corrected chi connectivity index (χ3v) is 4.83. The molecule has 24 heavy (non-hydrogen) atoms. The summed E-state index contributed by atoms with van der Waals surface area (Å²) in [5.74, 6) is 0.509. The van der Waals surface area contributed by atoms with E-state index in [4.69, 9.17) is 18.6 Å². The molecule has 3 heterocycles. The van der Waals surface area contributed by atoms with E-state index >= 15 is 0 Å². The zero-order valence-electron chi connectivity index (χ0n) is 12.6. The van der Waals surface area contributed by atoms with Crippen LogP contribution in [0.15, 0.2) is 27.6 Å². The average molecular weight is 328 g/mol. The molecule has 0 spiro atoms. The number of hydrogen-bond acceptors (Lipinski definition) is 7. The number of ether oxygens (including phenoxy) is 3. The van der Waals surface area contributed by atoms with Gasteiger partial charge in [0.2, 0.25) is 0 Å². The highest BCUT2D eigenvalue weighted by Gasteiger charge is 2.53.